The van der Waals surface area contributed by atoms with Crippen molar-refractivity contribution in [1.82, 2.24) is 4.57 Å². The molecule has 3 nitrogen and oxygen atoms in total. The van der Waals surface area contributed by atoms with E-state index in [2.05, 4.69) is 4.99 Å². The fourth-order valence-corrected chi connectivity index (χ4v) is 3.61. The summed E-state index contributed by atoms with van der Waals surface area (Å²) in [5, 5.41) is 0.739. The normalized spacial score (nSPS) is 17.3. The Labute approximate surface area is 167 Å². The highest BCUT2D eigenvalue weighted by Crippen LogP contribution is 2.38. The Kier molecular flexibility index (Phi) is 4.79. The van der Waals surface area contributed by atoms with Crippen LogP contribution in [0.2, 0.25) is 0 Å². The average Bonchev–Trinajstić information content (AvgIpc) is 3.24. The van der Waals surface area contributed by atoms with Crippen molar-refractivity contribution >= 4 is 16.8 Å². The van der Waals surface area contributed by atoms with Crippen molar-refractivity contribution < 1.29 is 31.1 Å². The largest absolute Gasteiger partial charge is 0.479 e. The molecule has 9 heteroatoms. The van der Waals surface area contributed by atoms with Crippen LogP contribution >= 0.6 is 0 Å². The maximum absolute atomic E-state index is 13.3. The predicted molar refractivity (Wildman–Crippen MR) is 99.8 cm³/mol. The van der Waals surface area contributed by atoms with Gasteiger partial charge >= 0.3 is 12.4 Å². The molecule has 1 atom stereocenters. The van der Waals surface area contributed by atoms with Gasteiger partial charge in [0.25, 0.3) is 0 Å². The Bertz CT molecular complexity index is 1090. The minimum Gasteiger partial charge on any atom is -0.479 e. The van der Waals surface area contributed by atoms with Crippen molar-refractivity contribution in [3.8, 4) is 5.69 Å². The number of rotatable bonds is 3. The number of hydrogen-bond acceptors (Lipinski definition) is 2. The highest BCUT2D eigenvalue weighted by molar-refractivity contribution is 5.86. The van der Waals surface area contributed by atoms with Gasteiger partial charge in [-0.1, -0.05) is 18.2 Å². The van der Waals surface area contributed by atoms with Crippen LogP contribution in [0.4, 0.5) is 26.3 Å². The van der Waals surface area contributed by atoms with Crippen LogP contribution in [-0.4, -0.2) is 23.1 Å². The summed E-state index contributed by atoms with van der Waals surface area (Å²) in [5.41, 5.74) is -1.63. The molecule has 1 aliphatic rings. The molecule has 1 aromatic heterocycles. The third-order valence-corrected chi connectivity index (χ3v) is 4.95. The van der Waals surface area contributed by atoms with E-state index in [0.29, 0.717) is 24.4 Å². The topological polar surface area (TPSA) is 26.5 Å². The van der Waals surface area contributed by atoms with Crippen molar-refractivity contribution in [2.45, 2.75) is 31.7 Å². The number of nitrogens with zero attached hydrogens (tertiary/aromatic N) is 2. The second-order valence-electron chi connectivity index (χ2n) is 7.12. The summed E-state index contributed by atoms with van der Waals surface area (Å²) in [6.45, 7) is 2.11. The average molecular weight is 426 g/mol. The number of aliphatic imine (C=N–C) groups is 1. The third kappa shape index (κ3) is 3.88. The number of fused-ring (bicyclic) bond motifs is 1. The molecule has 4 rings (SSSR count). The third-order valence-electron chi connectivity index (χ3n) is 4.95. The molecule has 0 saturated heterocycles. The highest BCUT2D eigenvalue weighted by Gasteiger charge is 2.37. The molecule has 2 heterocycles. The molecule has 0 fully saturated rings. The van der Waals surface area contributed by atoms with E-state index in [-0.39, 0.29) is 17.8 Å². The summed E-state index contributed by atoms with van der Waals surface area (Å²) >= 11 is 0. The summed E-state index contributed by atoms with van der Waals surface area (Å²) in [5.74, 6) is 0.552. The standard InChI is InChI=1S/C21H16F6N2O/c1-12-28-16(11-30-12)6-13-10-29(19-5-3-2-4-18(13)19)17-8-14(20(22,23)24)7-15(9-17)21(25,26)27/h2-5,7-10,16H,6,11H2,1H3/t16-/m0/s1. The molecule has 3 aromatic rings. The second-order valence-corrected chi connectivity index (χ2v) is 7.12. The van der Waals surface area contributed by atoms with Gasteiger partial charge < -0.3 is 9.30 Å². The molecule has 0 bridgehead atoms. The number of alkyl halides is 6. The van der Waals surface area contributed by atoms with Gasteiger partial charge in [0.1, 0.15) is 6.61 Å². The molecule has 30 heavy (non-hydrogen) atoms. The van der Waals surface area contributed by atoms with Gasteiger partial charge in [0.05, 0.1) is 22.7 Å². The van der Waals surface area contributed by atoms with E-state index in [0.717, 1.165) is 23.1 Å². The van der Waals surface area contributed by atoms with Crippen LogP contribution < -0.4 is 0 Å². The lowest BCUT2D eigenvalue weighted by molar-refractivity contribution is -0.143. The summed E-state index contributed by atoms with van der Waals surface area (Å²) in [7, 11) is 0. The summed E-state index contributed by atoms with van der Waals surface area (Å²) in [6.07, 6.45) is -7.79. The summed E-state index contributed by atoms with van der Waals surface area (Å²) in [4.78, 5) is 4.35. The number of benzene rings is 2. The van der Waals surface area contributed by atoms with E-state index >= 15 is 0 Å². The lowest BCUT2D eigenvalue weighted by Gasteiger charge is -2.15. The van der Waals surface area contributed by atoms with Crippen LogP contribution in [-0.2, 0) is 23.5 Å². The van der Waals surface area contributed by atoms with Gasteiger partial charge in [-0.2, -0.15) is 26.3 Å². The van der Waals surface area contributed by atoms with Crippen LogP contribution in [0.25, 0.3) is 16.6 Å². The molecule has 158 valence electrons. The molecule has 0 radical (unpaired) electrons. The zero-order valence-electron chi connectivity index (χ0n) is 15.7. The van der Waals surface area contributed by atoms with Gasteiger partial charge in [0.15, 0.2) is 5.90 Å². The summed E-state index contributed by atoms with van der Waals surface area (Å²) in [6, 6.07) is 8.32. The maximum atomic E-state index is 13.3. The Balaban J connectivity index is 1.87. The van der Waals surface area contributed by atoms with Crippen molar-refractivity contribution in [2.24, 2.45) is 4.99 Å². The molecule has 0 spiro atoms. The molecule has 2 aromatic carbocycles. The van der Waals surface area contributed by atoms with Crippen LogP contribution in [0.3, 0.4) is 0 Å². The van der Waals surface area contributed by atoms with Crippen LogP contribution in [0.15, 0.2) is 53.7 Å². The zero-order chi connectivity index (χ0) is 21.7. The van der Waals surface area contributed by atoms with Gasteiger partial charge in [0.2, 0.25) is 0 Å². The van der Waals surface area contributed by atoms with E-state index in [1.807, 2.05) is 0 Å². The minimum atomic E-state index is -4.91. The van der Waals surface area contributed by atoms with Crippen LogP contribution in [0, 0.1) is 0 Å². The minimum absolute atomic E-state index is 0.128. The number of para-hydroxylation sites is 1. The lowest BCUT2D eigenvalue weighted by atomic mass is 10.1. The number of hydrogen-bond donors (Lipinski definition) is 0. The molecule has 0 N–H and O–H groups in total. The van der Waals surface area contributed by atoms with Gasteiger partial charge in [-0.3, -0.25) is 0 Å². The Morgan fingerprint density at radius 1 is 1.00 bits per heavy atom. The smallest absolute Gasteiger partial charge is 0.416 e. The number of ether oxygens (including phenoxy) is 1. The molecular formula is C21H16F6N2O. The maximum Gasteiger partial charge on any atom is 0.416 e. The molecule has 0 aliphatic carbocycles. The molecule has 0 amide bonds. The lowest BCUT2D eigenvalue weighted by Crippen LogP contribution is -2.12. The monoisotopic (exact) mass is 426 g/mol. The van der Waals surface area contributed by atoms with E-state index in [1.165, 1.54) is 4.57 Å². The Morgan fingerprint density at radius 2 is 1.63 bits per heavy atom. The van der Waals surface area contributed by atoms with Crippen molar-refractivity contribution in [3.63, 3.8) is 0 Å². The SMILES string of the molecule is CC1=N[C@@H](Cc2cn(-c3cc(C(F)(F)F)cc(C(F)(F)F)c3)c3ccccc23)CO1. The van der Waals surface area contributed by atoms with Crippen LogP contribution in [0.1, 0.15) is 23.6 Å². The van der Waals surface area contributed by atoms with Gasteiger partial charge in [0, 0.05) is 30.6 Å². The molecule has 0 unspecified atom stereocenters. The summed E-state index contributed by atoms with van der Waals surface area (Å²) < 4.78 is 86.3. The van der Waals surface area contributed by atoms with Crippen molar-refractivity contribution in [2.75, 3.05) is 6.61 Å². The predicted octanol–water partition coefficient (Wildman–Crippen LogP) is 6.03. The number of aromatic nitrogens is 1. The van der Waals surface area contributed by atoms with E-state index in [1.54, 1.807) is 37.4 Å². The number of halogens is 6. The van der Waals surface area contributed by atoms with Gasteiger partial charge in [-0.25, -0.2) is 4.99 Å². The van der Waals surface area contributed by atoms with Crippen molar-refractivity contribution in [1.29, 1.82) is 0 Å². The van der Waals surface area contributed by atoms with E-state index in [9.17, 15) is 26.3 Å². The fourth-order valence-electron chi connectivity index (χ4n) is 3.61. The van der Waals surface area contributed by atoms with E-state index < -0.39 is 23.5 Å². The Morgan fingerprint density at radius 3 is 2.20 bits per heavy atom. The second kappa shape index (κ2) is 7.07. The zero-order valence-corrected chi connectivity index (χ0v) is 15.7. The Hall–Kier alpha value is -2.97. The quantitative estimate of drug-likeness (QED) is 0.470. The first kappa shape index (κ1) is 20.3. The first-order valence-corrected chi connectivity index (χ1v) is 9.08. The first-order valence-electron chi connectivity index (χ1n) is 9.08. The van der Waals surface area contributed by atoms with E-state index in [4.69, 9.17) is 4.74 Å². The molecular weight excluding hydrogens is 410 g/mol. The van der Waals surface area contributed by atoms with Gasteiger partial charge in [-0.15, -0.1) is 0 Å². The van der Waals surface area contributed by atoms with Crippen molar-refractivity contribution in [3.05, 3.63) is 65.4 Å². The fraction of sp³-hybridized carbons (Fsp3) is 0.286. The highest BCUT2D eigenvalue weighted by atomic mass is 19.4. The molecule has 1 aliphatic heterocycles. The van der Waals surface area contributed by atoms with Crippen LogP contribution in [0.5, 0.6) is 0 Å². The molecule has 0 saturated carbocycles. The van der Waals surface area contributed by atoms with Gasteiger partial charge in [-0.05, 0) is 29.8 Å². The first-order chi connectivity index (χ1) is 14.0.